The number of ether oxygens (including phenoxy) is 1. The van der Waals surface area contributed by atoms with E-state index >= 15 is 0 Å². The van der Waals surface area contributed by atoms with Crippen molar-refractivity contribution in [2.24, 2.45) is 0 Å². The van der Waals surface area contributed by atoms with Gasteiger partial charge in [-0.2, -0.15) is 0 Å². The van der Waals surface area contributed by atoms with Gasteiger partial charge in [0.05, 0.1) is 45.2 Å². The number of hydrogen-bond acceptors (Lipinski definition) is 6. The molecule has 35 heavy (non-hydrogen) atoms. The molecule has 2 N–H and O–H groups in total. The first-order valence-corrected chi connectivity index (χ1v) is 12.0. The summed E-state index contributed by atoms with van der Waals surface area (Å²) in [5.41, 5.74) is 12.0. The quantitative estimate of drug-likeness (QED) is 0.314. The Balaban J connectivity index is 1.68. The van der Waals surface area contributed by atoms with Crippen LogP contribution >= 0.6 is 11.3 Å². The smallest absolute Gasteiger partial charge is 0.237 e. The van der Waals surface area contributed by atoms with E-state index in [0.29, 0.717) is 17.3 Å². The number of hydrogen-bond donors (Lipinski definition) is 1. The fraction of sp³-hybridized carbons (Fsp3) is 0.0357. The number of thiazole rings is 1. The number of nitrogens with two attached hydrogens (primary N) is 1. The van der Waals surface area contributed by atoms with Crippen LogP contribution in [-0.4, -0.2) is 26.5 Å². The van der Waals surface area contributed by atoms with Crippen molar-refractivity contribution in [1.29, 1.82) is 0 Å². The molecule has 0 saturated heterocycles. The van der Waals surface area contributed by atoms with Gasteiger partial charge in [0.15, 0.2) is 0 Å². The number of para-hydroxylation sites is 3. The lowest BCUT2D eigenvalue weighted by Crippen LogP contribution is -2.05. The van der Waals surface area contributed by atoms with Crippen molar-refractivity contribution in [3.63, 3.8) is 0 Å². The van der Waals surface area contributed by atoms with Crippen LogP contribution in [0.2, 0.25) is 0 Å². The van der Waals surface area contributed by atoms with E-state index in [4.69, 9.17) is 25.4 Å². The van der Waals surface area contributed by atoms with Crippen LogP contribution in [0.1, 0.15) is 0 Å². The number of nitrogen functional groups attached to an aromatic ring is 1. The number of methoxy groups -OCH3 is 1. The zero-order valence-corrected chi connectivity index (χ0v) is 19.6. The summed E-state index contributed by atoms with van der Waals surface area (Å²) in [6, 6.07) is 28.3. The molecule has 3 heterocycles. The Kier molecular flexibility index (Phi) is 4.28. The topological polar surface area (TPSA) is 78.3 Å². The van der Waals surface area contributed by atoms with Crippen molar-refractivity contribution in [3.05, 3.63) is 84.9 Å². The summed E-state index contributed by atoms with van der Waals surface area (Å²) < 4.78 is 8.85. The third kappa shape index (κ3) is 2.92. The molecular formula is C28H19N5OS. The van der Waals surface area contributed by atoms with Gasteiger partial charge in [-0.15, -0.1) is 11.3 Å². The lowest BCUT2D eigenvalue weighted by atomic mass is 9.98. The molecule has 0 saturated carbocycles. The van der Waals surface area contributed by atoms with Crippen molar-refractivity contribution >= 4 is 55.0 Å². The van der Waals surface area contributed by atoms with Gasteiger partial charge in [-0.1, -0.05) is 54.6 Å². The maximum absolute atomic E-state index is 6.97. The summed E-state index contributed by atoms with van der Waals surface area (Å²) >= 11 is 1.60. The molecule has 0 fully saturated rings. The molecule has 6 nitrogen and oxygen atoms in total. The van der Waals surface area contributed by atoms with E-state index in [9.17, 15) is 0 Å². The highest BCUT2D eigenvalue weighted by atomic mass is 32.1. The number of fused-ring (bicyclic) bond motifs is 5. The van der Waals surface area contributed by atoms with Crippen LogP contribution in [-0.2, 0) is 0 Å². The summed E-state index contributed by atoms with van der Waals surface area (Å²) in [5, 5.41) is 2.93. The van der Waals surface area contributed by atoms with Gasteiger partial charge in [0, 0.05) is 0 Å². The first-order valence-electron chi connectivity index (χ1n) is 11.2. The monoisotopic (exact) mass is 473 g/mol. The highest BCUT2D eigenvalue weighted by Gasteiger charge is 2.25. The number of nitrogens with zero attached hydrogens (tertiary/aromatic N) is 4. The van der Waals surface area contributed by atoms with Crippen LogP contribution in [0.25, 0.3) is 59.6 Å². The van der Waals surface area contributed by atoms with Crippen molar-refractivity contribution in [2.45, 2.75) is 0 Å². The van der Waals surface area contributed by atoms with Crippen LogP contribution in [0.5, 0.6) is 5.75 Å². The van der Waals surface area contributed by atoms with Gasteiger partial charge in [-0.3, -0.25) is 4.40 Å². The molecule has 0 aliphatic heterocycles. The number of aromatic nitrogens is 4. The van der Waals surface area contributed by atoms with Gasteiger partial charge in [0.25, 0.3) is 0 Å². The number of imidazole rings is 1. The van der Waals surface area contributed by atoms with Crippen LogP contribution in [0.4, 0.5) is 5.82 Å². The first-order chi connectivity index (χ1) is 17.2. The summed E-state index contributed by atoms with van der Waals surface area (Å²) in [5.74, 6) is 1.81. The van der Waals surface area contributed by atoms with E-state index in [1.54, 1.807) is 18.4 Å². The van der Waals surface area contributed by atoms with E-state index in [-0.39, 0.29) is 0 Å². The number of anilines is 1. The largest absolute Gasteiger partial charge is 0.496 e. The van der Waals surface area contributed by atoms with E-state index in [1.165, 1.54) is 0 Å². The molecule has 7 rings (SSSR count). The Labute approximate surface area is 204 Å². The van der Waals surface area contributed by atoms with Gasteiger partial charge in [-0.25, -0.2) is 15.0 Å². The number of benzene rings is 4. The normalized spacial score (nSPS) is 11.7. The molecular weight excluding hydrogens is 454 g/mol. The molecule has 0 unspecified atom stereocenters. The van der Waals surface area contributed by atoms with Crippen LogP contribution < -0.4 is 10.5 Å². The summed E-state index contributed by atoms with van der Waals surface area (Å²) in [6.45, 7) is 0. The SMILES string of the molecule is COc1ccc2ccccc2c1-c1nc2nc3ccccc3n2c(N)c1-c1nc2ccccc2s1. The van der Waals surface area contributed by atoms with Gasteiger partial charge in [0.1, 0.15) is 16.6 Å². The minimum Gasteiger partial charge on any atom is -0.496 e. The molecule has 7 aromatic rings. The van der Waals surface area contributed by atoms with Gasteiger partial charge in [-0.05, 0) is 41.1 Å². The minimum atomic E-state index is 0.540. The summed E-state index contributed by atoms with van der Waals surface area (Å²) in [6.07, 6.45) is 0. The maximum atomic E-state index is 6.97. The van der Waals surface area contributed by atoms with Crippen LogP contribution in [0.15, 0.2) is 84.9 Å². The van der Waals surface area contributed by atoms with Crippen molar-refractivity contribution in [3.8, 4) is 27.6 Å². The lowest BCUT2D eigenvalue weighted by Gasteiger charge is -2.16. The standard InChI is InChI=1S/C28H19N5OS/c1-34-21-15-14-16-8-2-3-9-17(16)23(21)25-24(27-30-19-11-5-7-13-22(19)35-27)26(29)33-20-12-6-4-10-18(20)31-28(33)32-25/h2-15H,29H2,1H3. The Bertz CT molecular complexity index is 1890. The lowest BCUT2D eigenvalue weighted by molar-refractivity contribution is 0.417. The second kappa shape index (κ2) is 7.51. The Hall–Kier alpha value is -4.49. The molecule has 0 spiro atoms. The zero-order chi connectivity index (χ0) is 23.5. The molecule has 168 valence electrons. The fourth-order valence-electron chi connectivity index (χ4n) is 4.75. The Morgan fingerprint density at radius 1 is 0.771 bits per heavy atom. The van der Waals surface area contributed by atoms with E-state index in [1.807, 2.05) is 65.1 Å². The summed E-state index contributed by atoms with van der Waals surface area (Å²) in [4.78, 5) is 14.9. The van der Waals surface area contributed by atoms with E-state index in [2.05, 4.69) is 24.3 Å². The van der Waals surface area contributed by atoms with Crippen molar-refractivity contribution in [2.75, 3.05) is 12.8 Å². The van der Waals surface area contributed by atoms with Crippen molar-refractivity contribution in [1.82, 2.24) is 19.4 Å². The molecule has 0 bridgehead atoms. The minimum absolute atomic E-state index is 0.540. The highest BCUT2D eigenvalue weighted by Crippen LogP contribution is 2.45. The third-order valence-electron chi connectivity index (χ3n) is 6.34. The summed E-state index contributed by atoms with van der Waals surface area (Å²) in [7, 11) is 1.68. The predicted octanol–water partition coefficient (Wildman–Crippen LogP) is 6.57. The van der Waals surface area contributed by atoms with E-state index < -0.39 is 0 Å². The van der Waals surface area contributed by atoms with Crippen molar-refractivity contribution < 1.29 is 4.74 Å². The fourth-order valence-corrected chi connectivity index (χ4v) is 5.77. The average Bonchev–Trinajstić information content (AvgIpc) is 3.49. The van der Waals surface area contributed by atoms with Crippen LogP contribution in [0, 0.1) is 0 Å². The highest BCUT2D eigenvalue weighted by molar-refractivity contribution is 7.21. The predicted molar refractivity (Wildman–Crippen MR) is 143 cm³/mol. The molecule has 4 aromatic carbocycles. The molecule has 7 heteroatoms. The zero-order valence-electron chi connectivity index (χ0n) is 18.8. The Morgan fingerprint density at radius 2 is 1.54 bits per heavy atom. The molecule has 0 amide bonds. The maximum Gasteiger partial charge on any atom is 0.237 e. The number of rotatable bonds is 3. The average molecular weight is 474 g/mol. The molecule has 3 aromatic heterocycles. The van der Waals surface area contributed by atoms with Gasteiger partial charge < -0.3 is 10.5 Å². The molecule has 0 aliphatic carbocycles. The Morgan fingerprint density at radius 3 is 2.40 bits per heavy atom. The second-order valence-corrected chi connectivity index (χ2v) is 9.34. The molecule has 0 radical (unpaired) electrons. The third-order valence-corrected chi connectivity index (χ3v) is 7.40. The molecule has 0 atom stereocenters. The van der Waals surface area contributed by atoms with Gasteiger partial charge in [0.2, 0.25) is 5.78 Å². The molecule has 0 aliphatic rings. The first kappa shape index (κ1) is 19.9. The van der Waals surface area contributed by atoms with E-state index in [0.717, 1.165) is 53.9 Å². The second-order valence-electron chi connectivity index (χ2n) is 8.31. The van der Waals surface area contributed by atoms with Gasteiger partial charge >= 0.3 is 0 Å². The van der Waals surface area contributed by atoms with Crippen LogP contribution in [0.3, 0.4) is 0 Å².